The third-order valence-corrected chi connectivity index (χ3v) is 10.1. The van der Waals surface area contributed by atoms with Gasteiger partial charge < -0.3 is 23.9 Å². The number of fused-ring (bicyclic) bond motifs is 2. The zero-order chi connectivity index (χ0) is 32.2. The summed E-state index contributed by atoms with van der Waals surface area (Å²) in [6, 6.07) is 21.0. The molecule has 0 aliphatic carbocycles. The summed E-state index contributed by atoms with van der Waals surface area (Å²) in [5.74, 6) is 1.20. The Morgan fingerprint density at radius 2 is 1.89 bits per heavy atom. The van der Waals surface area contributed by atoms with E-state index in [1.54, 1.807) is 34.8 Å². The van der Waals surface area contributed by atoms with Gasteiger partial charge in [0.1, 0.15) is 0 Å². The molecule has 4 aromatic rings. The van der Waals surface area contributed by atoms with Crippen LogP contribution in [0.1, 0.15) is 25.7 Å². The van der Waals surface area contributed by atoms with Crippen LogP contribution in [-0.4, -0.2) is 31.5 Å². The Kier molecular flexibility index (Phi) is 10.0. The van der Waals surface area contributed by atoms with Gasteiger partial charge in [0.15, 0.2) is 5.75 Å². The first kappa shape index (κ1) is 32.8. The van der Waals surface area contributed by atoms with Gasteiger partial charge in [0, 0.05) is 29.5 Å². The van der Waals surface area contributed by atoms with E-state index in [0.29, 0.717) is 40.2 Å². The minimum absolute atomic E-state index is 0.0989. The number of aromatic nitrogens is 1. The molecular weight excluding hydrogens is 640 g/mol. The number of halogens is 1. The van der Waals surface area contributed by atoms with E-state index in [4.69, 9.17) is 25.1 Å². The van der Waals surface area contributed by atoms with Crippen molar-refractivity contribution in [3.8, 4) is 16.9 Å². The maximum atomic E-state index is 11.3. The highest BCUT2D eigenvalue weighted by Crippen LogP contribution is 2.47. The average Bonchev–Trinajstić information content (AvgIpc) is 3.52. The van der Waals surface area contributed by atoms with E-state index < -0.39 is 26.2 Å². The van der Waals surface area contributed by atoms with Gasteiger partial charge in [-0.15, -0.1) is 4.57 Å². The quantitative estimate of drug-likeness (QED) is 0.0708. The first-order chi connectivity index (χ1) is 21.5. The molecule has 0 spiro atoms. The fraction of sp³-hybridized carbons (Fsp3) is 0.219. The number of hydrogen-bond acceptors (Lipinski definition) is 9. The van der Waals surface area contributed by atoms with E-state index in [2.05, 4.69) is 11.6 Å². The number of rotatable bonds is 13. The molecule has 238 valence electrons. The molecule has 1 atom stereocenters. The maximum Gasteiger partial charge on any atom is 0.375 e. The minimum Gasteiger partial charge on any atom is -0.748 e. The second kappa shape index (κ2) is 13.8. The molecule has 2 heterocycles. The van der Waals surface area contributed by atoms with E-state index in [-0.39, 0.29) is 18.8 Å². The smallest absolute Gasteiger partial charge is 0.375 e. The van der Waals surface area contributed by atoms with Crippen molar-refractivity contribution in [2.24, 2.45) is 0 Å². The monoisotopic (exact) mass is 671 g/mol. The minimum atomic E-state index is -4.38. The molecule has 0 N–H and O–H groups in total. The molecule has 1 aromatic heterocycles. The van der Waals surface area contributed by atoms with Crippen LogP contribution in [0.15, 0.2) is 101 Å². The number of nitrogens with zero attached hydrogens (tertiary/aromatic N) is 2. The van der Waals surface area contributed by atoms with Crippen LogP contribution in [0, 0.1) is 0 Å². The molecular formula is C32H32ClN2O8S2-. The summed E-state index contributed by atoms with van der Waals surface area (Å²) in [4.78, 5) is 1.80. The van der Waals surface area contributed by atoms with Gasteiger partial charge in [-0.2, -0.15) is 4.33 Å². The Bertz CT molecular complexity index is 1870. The molecule has 1 unspecified atom stereocenters. The third-order valence-electron chi connectivity index (χ3n) is 7.25. The molecule has 13 heteroatoms. The van der Waals surface area contributed by atoms with Crippen molar-refractivity contribution >= 4 is 54.9 Å². The molecule has 0 saturated carbocycles. The van der Waals surface area contributed by atoms with Gasteiger partial charge >= 0.3 is 5.89 Å². The molecule has 45 heavy (non-hydrogen) atoms. The van der Waals surface area contributed by atoms with Gasteiger partial charge in [0.2, 0.25) is 17.3 Å². The van der Waals surface area contributed by atoms with Gasteiger partial charge in [-0.25, -0.2) is 8.42 Å². The lowest BCUT2D eigenvalue weighted by atomic mass is 10.1. The Labute approximate surface area is 268 Å². The second-order valence-corrected chi connectivity index (χ2v) is 15.3. The second-order valence-electron chi connectivity index (χ2n) is 10.5. The number of hydrogen-bond donors (Lipinski definition) is 0. The third kappa shape index (κ3) is 7.79. The van der Waals surface area contributed by atoms with Crippen molar-refractivity contribution in [3.63, 3.8) is 0 Å². The lowest BCUT2D eigenvalue weighted by Crippen LogP contribution is -2.38. The van der Waals surface area contributed by atoms with Crippen LogP contribution in [0.25, 0.3) is 28.3 Å². The van der Waals surface area contributed by atoms with Crippen molar-refractivity contribution in [2.75, 3.05) is 23.5 Å². The van der Waals surface area contributed by atoms with Crippen LogP contribution in [-0.2, 0) is 25.4 Å². The molecule has 0 fully saturated rings. The zero-order valence-electron chi connectivity index (χ0n) is 24.7. The molecule has 0 amide bonds. The lowest BCUT2D eigenvalue weighted by Gasteiger charge is -2.27. The predicted octanol–water partition coefficient (Wildman–Crippen LogP) is 6.18. The van der Waals surface area contributed by atoms with E-state index in [9.17, 15) is 18.2 Å². The Hall–Kier alpha value is -3.62. The van der Waals surface area contributed by atoms with Gasteiger partial charge in [-0.3, -0.25) is 5.04 Å². The maximum absolute atomic E-state index is 11.3. The van der Waals surface area contributed by atoms with Crippen molar-refractivity contribution in [3.05, 3.63) is 107 Å². The van der Waals surface area contributed by atoms with Gasteiger partial charge in [-0.05, 0) is 75.8 Å². The van der Waals surface area contributed by atoms with Gasteiger partial charge in [-0.1, -0.05) is 61.5 Å². The fourth-order valence-electron chi connectivity index (χ4n) is 4.95. The summed E-state index contributed by atoms with van der Waals surface area (Å²) in [6.07, 6.45) is 6.14. The van der Waals surface area contributed by atoms with E-state index in [1.165, 1.54) is 0 Å². The Morgan fingerprint density at radius 1 is 1.11 bits per heavy atom. The standard InChI is InChI=1S/C32H33ClN2O8S2/c1-4-23(18-31-34(16-9-17-45(37,38)39)28-21-26(33)13-15-30(28)40-31)19-32-35(22-44(3,5-2)43-42-36)27-20-25(12-14-29(27)41-32)24-10-7-6-8-11-24/h5-8,10-15,18-21H,2,4,9,16-17,22H2,1,3H3,(H-,36,37,38,39)/p-1. The summed E-state index contributed by atoms with van der Waals surface area (Å²) in [6.45, 7) is 6.06. The number of ether oxygens (including phenoxy) is 1. The Balaban J connectivity index is 1.59. The topological polar surface area (TPSA) is 128 Å². The van der Waals surface area contributed by atoms with Crippen molar-refractivity contribution in [1.82, 2.24) is 0 Å². The molecule has 0 radical (unpaired) electrons. The van der Waals surface area contributed by atoms with E-state index in [1.807, 2.05) is 72.2 Å². The summed E-state index contributed by atoms with van der Waals surface area (Å²) in [5.41, 5.74) is 4.90. The van der Waals surface area contributed by atoms with Crippen LogP contribution in [0.2, 0.25) is 5.02 Å². The van der Waals surface area contributed by atoms with Crippen LogP contribution >= 0.6 is 21.9 Å². The summed E-state index contributed by atoms with van der Waals surface area (Å²) < 4.78 is 53.4. The number of allylic oxidation sites excluding steroid dienone is 2. The van der Waals surface area contributed by atoms with Gasteiger partial charge in [0.25, 0.3) is 5.52 Å². The highest BCUT2D eigenvalue weighted by molar-refractivity contribution is 8.30. The summed E-state index contributed by atoms with van der Waals surface area (Å²) in [5, 5.41) is 16.9. The average molecular weight is 672 g/mol. The SMILES string of the molecule is C=CS(C)(C[n+]1c(C=C(C=C2Oc3ccc(Cl)cc3N2CCCS(=O)(=O)[O-])CC)oc2ccc(-c3ccccc3)cc21)OO[O-]. The van der Waals surface area contributed by atoms with Crippen LogP contribution in [0.3, 0.4) is 0 Å². The molecule has 1 aliphatic rings. The van der Waals surface area contributed by atoms with Crippen LogP contribution < -0.4 is 19.5 Å². The molecule has 0 saturated heterocycles. The molecule has 3 aromatic carbocycles. The highest BCUT2D eigenvalue weighted by atomic mass is 35.5. The number of benzene rings is 3. The normalized spacial score (nSPS) is 16.4. The van der Waals surface area contributed by atoms with Crippen LogP contribution in [0.5, 0.6) is 5.75 Å². The fourth-order valence-corrected chi connectivity index (χ4v) is 6.71. The molecule has 1 aliphatic heterocycles. The highest BCUT2D eigenvalue weighted by Gasteiger charge is 2.31. The summed E-state index contributed by atoms with van der Waals surface area (Å²) in [7, 11) is -6.59. The van der Waals surface area contributed by atoms with Crippen molar-refractivity contribution in [1.29, 1.82) is 0 Å². The largest absolute Gasteiger partial charge is 0.748 e. The van der Waals surface area contributed by atoms with E-state index in [0.717, 1.165) is 22.2 Å². The first-order valence-corrected chi connectivity index (χ1v) is 18.2. The molecule has 10 nitrogen and oxygen atoms in total. The molecule has 0 bridgehead atoms. The first-order valence-electron chi connectivity index (χ1n) is 14.0. The Morgan fingerprint density at radius 3 is 2.58 bits per heavy atom. The van der Waals surface area contributed by atoms with E-state index >= 15 is 0 Å². The molecule has 5 rings (SSSR count). The number of anilines is 1. The lowest BCUT2D eigenvalue weighted by molar-refractivity contribution is -0.779. The number of oxazole rings is 1. The van der Waals surface area contributed by atoms with Crippen LogP contribution in [0.4, 0.5) is 5.69 Å². The van der Waals surface area contributed by atoms with Crippen molar-refractivity contribution in [2.45, 2.75) is 25.6 Å². The predicted molar refractivity (Wildman–Crippen MR) is 173 cm³/mol. The summed E-state index contributed by atoms with van der Waals surface area (Å²) >= 11 is 6.26. The van der Waals surface area contributed by atoms with Gasteiger partial charge in [0.05, 0.1) is 21.9 Å². The van der Waals surface area contributed by atoms with Crippen molar-refractivity contribution < 1.29 is 41.3 Å². The zero-order valence-corrected chi connectivity index (χ0v) is 27.1.